The van der Waals surface area contributed by atoms with Crippen LogP contribution in [0.25, 0.3) is 0 Å². The summed E-state index contributed by atoms with van der Waals surface area (Å²) in [6.45, 7) is 11.1. The van der Waals surface area contributed by atoms with Gasteiger partial charge in [-0.25, -0.2) is 4.99 Å². The molecule has 30 heavy (non-hydrogen) atoms. The van der Waals surface area contributed by atoms with Crippen molar-refractivity contribution in [1.82, 2.24) is 15.5 Å². The van der Waals surface area contributed by atoms with E-state index in [1.54, 1.807) is 7.11 Å². The van der Waals surface area contributed by atoms with Crippen LogP contribution >= 0.6 is 24.0 Å². The molecular weight excluding hydrogens is 491 g/mol. The van der Waals surface area contributed by atoms with Crippen LogP contribution in [0.5, 0.6) is 0 Å². The quantitative estimate of drug-likeness (QED) is 0.186. The first-order valence-electron chi connectivity index (χ1n) is 11.1. The Morgan fingerprint density at radius 2 is 1.87 bits per heavy atom. The molecule has 172 valence electrons. The van der Waals surface area contributed by atoms with Crippen molar-refractivity contribution >= 4 is 29.9 Å². The highest BCUT2D eigenvalue weighted by Gasteiger charge is 2.17. The molecule has 1 aliphatic heterocycles. The van der Waals surface area contributed by atoms with E-state index in [-0.39, 0.29) is 24.0 Å². The summed E-state index contributed by atoms with van der Waals surface area (Å²) in [6.07, 6.45) is 4.97. The second-order valence-corrected chi connectivity index (χ2v) is 7.71. The molecule has 0 radical (unpaired) electrons. The van der Waals surface area contributed by atoms with Gasteiger partial charge in [0.05, 0.1) is 19.8 Å². The zero-order valence-corrected chi connectivity index (χ0v) is 21.3. The second kappa shape index (κ2) is 16.8. The van der Waals surface area contributed by atoms with E-state index in [4.69, 9.17) is 14.5 Å². The first-order chi connectivity index (χ1) is 14.2. The first kappa shape index (κ1) is 27.1. The van der Waals surface area contributed by atoms with E-state index in [2.05, 4.69) is 53.6 Å². The van der Waals surface area contributed by atoms with Crippen molar-refractivity contribution in [3.05, 3.63) is 35.4 Å². The lowest BCUT2D eigenvalue weighted by Crippen LogP contribution is -2.38. The van der Waals surface area contributed by atoms with E-state index >= 15 is 0 Å². The molecule has 0 spiro atoms. The van der Waals surface area contributed by atoms with Crippen molar-refractivity contribution in [1.29, 1.82) is 0 Å². The van der Waals surface area contributed by atoms with Crippen LogP contribution in [0.15, 0.2) is 29.3 Å². The first-order valence-corrected chi connectivity index (χ1v) is 11.1. The Bertz CT molecular complexity index is 583. The van der Waals surface area contributed by atoms with Gasteiger partial charge in [0.1, 0.15) is 0 Å². The molecule has 1 aliphatic rings. The molecule has 0 saturated carbocycles. The van der Waals surface area contributed by atoms with Crippen LogP contribution in [0.2, 0.25) is 0 Å². The fourth-order valence-electron chi connectivity index (χ4n) is 3.51. The average molecular weight is 533 g/mol. The van der Waals surface area contributed by atoms with E-state index in [0.717, 1.165) is 38.6 Å². The molecule has 6 nitrogen and oxygen atoms in total. The Morgan fingerprint density at radius 3 is 2.57 bits per heavy atom. The number of nitrogens with one attached hydrogen (secondary N) is 2. The highest BCUT2D eigenvalue weighted by molar-refractivity contribution is 14.0. The van der Waals surface area contributed by atoms with Gasteiger partial charge in [-0.3, -0.25) is 4.90 Å². The number of hydrogen-bond donors (Lipinski definition) is 2. The van der Waals surface area contributed by atoms with Crippen LogP contribution in [0.3, 0.4) is 0 Å². The molecule has 1 aromatic carbocycles. The number of halogens is 1. The number of nitrogens with zero attached hydrogens (tertiary/aromatic N) is 2. The van der Waals surface area contributed by atoms with Crippen LogP contribution in [0, 0.1) is 0 Å². The number of ether oxygens (including phenoxy) is 2. The van der Waals surface area contributed by atoms with Gasteiger partial charge in [-0.05, 0) is 50.8 Å². The van der Waals surface area contributed by atoms with Crippen molar-refractivity contribution < 1.29 is 9.47 Å². The van der Waals surface area contributed by atoms with Crippen LogP contribution in [-0.2, 0) is 22.6 Å². The summed E-state index contributed by atoms with van der Waals surface area (Å²) in [5.74, 6) is 0.857. The lowest BCUT2D eigenvalue weighted by atomic mass is 10.0. The standard InChI is InChI=1S/C23H40N4O2.HI/c1-4-24-23(25-13-7-15-29-17-16-28-3)26-18-21-9-11-22(12-10-21)19-27-14-6-5-8-20(27)2;/h9-12,20H,4-8,13-19H2,1-3H3,(H2,24,25,26);1H. The predicted octanol–water partition coefficient (Wildman–Crippen LogP) is 3.79. The molecule has 1 saturated heterocycles. The van der Waals surface area contributed by atoms with Crippen molar-refractivity contribution in [2.45, 2.75) is 58.7 Å². The fourth-order valence-corrected chi connectivity index (χ4v) is 3.51. The van der Waals surface area contributed by atoms with Gasteiger partial charge in [-0.2, -0.15) is 0 Å². The van der Waals surface area contributed by atoms with Crippen molar-refractivity contribution in [2.24, 2.45) is 4.99 Å². The number of rotatable bonds is 12. The minimum Gasteiger partial charge on any atom is -0.382 e. The van der Waals surface area contributed by atoms with Crippen LogP contribution < -0.4 is 10.6 Å². The van der Waals surface area contributed by atoms with Gasteiger partial charge in [0.25, 0.3) is 0 Å². The lowest BCUT2D eigenvalue weighted by Gasteiger charge is -2.33. The molecule has 0 aliphatic carbocycles. The van der Waals surface area contributed by atoms with E-state index < -0.39 is 0 Å². The summed E-state index contributed by atoms with van der Waals surface area (Å²) in [5, 5.41) is 6.68. The summed E-state index contributed by atoms with van der Waals surface area (Å²) in [4.78, 5) is 7.31. The fraction of sp³-hybridized carbons (Fsp3) is 0.696. The van der Waals surface area contributed by atoms with Crippen molar-refractivity contribution in [3.8, 4) is 0 Å². The van der Waals surface area contributed by atoms with Gasteiger partial charge in [-0.15, -0.1) is 24.0 Å². The van der Waals surface area contributed by atoms with Gasteiger partial charge in [0.2, 0.25) is 0 Å². The van der Waals surface area contributed by atoms with Gasteiger partial charge in [0.15, 0.2) is 5.96 Å². The van der Waals surface area contributed by atoms with Gasteiger partial charge in [-0.1, -0.05) is 30.7 Å². The molecule has 1 heterocycles. The van der Waals surface area contributed by atoms with Crippen molar-refractivity contribution in [2.75, 3.05) is 46.6 Å². The molecule has 0 amide bonds. The predicted molar refractivity (Wildman–Crippen MR) is 136 cm³/mol. The number of methoxy groups -OCH3 is 1. The largest absolute Gasteiger partial charge is 0.382 e. The molecule has 1 unspecified atom stereocenters. The Labute approximate surface area is 200 Å². The topological polar surface area (TPSA) is 58.1 Å². The normalized spacial score (nSPS) is 17.4. The number of aliphatic imine (C=N–C) groups is 1. The minimum atomic E-state index is 0. The molecule has 1 aromatic rings. The second-order valence-electron chi connectivity index (χ2n) is 7.71. The summed E-state index contributed by atoms with van der Waals surface area (Å²) in [7, 11) is 1.69. The zero-order chi connectivity index (χ0) is 20.7. The molecule has 0 aromatic heterocycles. The molecule has 0 bridgehead atoms. The molecule has 1 fully saturated rings. The summed E-state index contributed by atoms with van der Waals surface area (Å²) in [6, 6.07) is 9.63. The molecule has 7 heteroatoms. The molecule has 2 N–H and O–H groups in total. The summed E-state index contributed by atoms with van der Waals surface area (Å²) < 4.78 is 10.5. The smallest absolute Gasteiger partial charge is 0.191 e. The van der Waals surface area contributed by atoms with E-state index in [9.17, 15) is 0 Å². The molecule has 2 rings (SSSR count). The van der Waals surface area contributed by atoms with Crippen molar-refractivity contribution in [3.63, 3.8) is 0 Å². The minimum absolute atomic E-state index is 0. The molecular formula is C23H41IN4O2. The summed E-state index contributed by atoms with van der Waals surface area (Å²) in [5.41, 5.74) is 2.63. The maximum atomic E-state index is 5.49. The maximum absolute atomic E-state index is 5.49. The third kappa shape index (κ3) is 10.9. The van der Waals surface area contributed by atoms with Gasteiger partial charge < -0.3 is 20.1 Å². The highest BCUT2D eigenvalue weighted by Crippen LogP contribution is 2.19. The lowest BCUT2D eigenvalue weighted by molar-refractivity contribution is 0.0698. The van der Waals surface area contributed by atoms with Gasteiger partial charge >= 0.3 is 0 Å². The van der Waals surface area contributed by atoms with E-state index in [1.165, 1.54) is 36.9 Å². The highest BCUT2D eigenvalue weighted by atomic mass is 127. The number of piperidine rings is 1. The van der Waals surface area contributed by atoms with E-state index in [0.29, 0.717) is 25.8 Å². The summed E-state index contributed by atoms with van der Waals surface area (Å²) >= 11 is 0. The zero-order valence-electron chi connectivity index (χ0n) is 19.0. The van der Waals surface area contributed by atoms with Crippen LogP contribution in [-0.4, -0.2) is 63.5 Å². The maximum Gasteiger partial charge on any atom is 0.191 e. The third-order valence-corrected chi connectivity index (χ3v) is 5.30. The number of hydrogen-bond acceptors (Lipinski definition) is 4. The Hall–Kier alpha value is -0.900. The Balaban J connectivity index is 0.00000450. The number of guanidine groups is 1. The number of benzene rings is 1. The number of likely N-dealkylation sites (tertiary alicyclic amines) is 1. The average Bonchev–Trinajstić information content (AvgIpc) is 2.74. The van der Waals surface area contributed by atoms with Gasteiger partial charge in [0, 0.05) is 39.4 Å². The van der Waals surface area contributed by atoms with Crippen LogP contribution in [0.1, 0.15) is 50.7 Å². The Morgan fingerprint density at radius 1 is 1.10 bits per heavy atom. The SMILES string of the molecule is CCNC(=NCc1ccc(CN2CCCCC2C)cc1)NCCCOCCOC.I. The van der Waals surface area contributed by atoms with Crippen LogP contribution in [0.4, 0.5) is 0 Å². The Kier molecular flexibility index (Phi) is 15.2. The van der Waals surface area contributed by atoms with E-state index in [1.807, 2.05) is 0 Å². The monoisotopic (exact) mass is 532 g/mol. The third-order valence-electron chi connectivity index (χ3n) is 5.30. The molecule has 1 atom stereocenters.